The average Bonchev–Trinajstić information content (AvgIpc) is 2.13. The summed E-state index contributed by atoms with van der Waals surface area (Å²) in [5.41, 5.74) is 1.18. The van der Waals surface area contributed by atoms with Gasteiger partial charge in [-0.05, 0) is 17.7 Å². The minimum atomic E-state index is 0.675. The van der Waals surface area contributed by atoms with Crippen molar-refractivity contribution in [3.8, 4) is 0 Å². The minimum Gasteiger partial charge on any atom is -0.380 e. The highest BCUT2D eigenvalue weighted by Gasteiger charge is 1.88. The standard InChI is InChI=1S/C8H10OS.C2H6/c1-9-6-7-2-4-8(10)5-3-7;1-2/h2-5,10H,6H2,1H3;1-2H3. The van der Waals surface area contributed by atoms with Crippen LogP contribution in [0, 0.1) is 0 Å². The lowest BCUT2D eigenvalue weighted by molar-refractivity contribution is 0.185. The fraction of sp³-hybridized carbons (Fsp3) is 0.400. The predicted molar refractivity (Wildman–Crippen MR) is 55.8 cm³/mol. The topological polar surface area (TPSA) is 9.23 Å². The lowest BCUT2D eigenvalue weighted by Crippen LogP contribution is -1.85. The molecule has 2 heteroatoms. The van der Waals surface area contributed by atoms with Gasteiger partial charge in [-0.2, -0.15) is 0 Å². The van der Waals surface area contributed by atoms with Crippen LogP contribution in [-0.4, -0.2) is 7.11 Å². The maximum Gasteiger partial charge on any atom is 0.0713 e. The third-order valence-corrected chi connectivity index (χ3v) is 1.55. The second-order valence-corrected chi connectivity index (χ2v) is 2.62. The van der Waals surface area contributed by atoms with Crippen LogP contribution in [0.25, 0.3) is 0 Å². The molecule has 0 aliphatic heterocycles. The van der Waals surface area contributed by atoms with Gasteiger partial charge in [0.15, 0.2) is 0 Å². The number of thiol groups is 1. The van der Waals surface area contributed by atoms with Crippen LogP contribution in [0.5, 0.6) is 0 Å². The van der Waals surface area contributed by atoms with E-state index in [1.807, 2.05) is 38.1 Å². The van der Waals surface area contributed by atoms with Crippen LogP contribution in [0.3, 0.4) is 0 Å². The molecule has 1 aromatic carbocycles. The van der Waals surface area contributed by atoms with E-state index in [9.17, 15) is 0 Å². The van der Waals surface area contributed by atoms with Crippen molar-refractivity contribution in [1.82, 2.24) is 0 Å². The number of rotatable bonds is 2. The van der Waals surface area contributed by atoms with Crippen LogP contribution in [0.15, 0.2) is 29.2 Å². The Kier molecular flexibility index (Phi) is 6.91. The molecule has 1 aromatic rings. The van der Waals surface area contributed by atoms with Gasteiger partial charge in [-0.25, -0.2) is 0 Å². The summed E-state index contributed by atoms with van der Waals surface area (Å²) in [5.74, 6) is 0. The highest BCUT2D eigenvalue weighted by atomic mass is 32.1. The SMILES string of the molecule is CC.COCc1ccc(S)cc1. The highest BCUT2D eigenvalue weighted by molar-refractivity contribution is 7.80. The number of benzene rings is 1. The van der Waals surface area contributed by atoms with Crippen LogP contribution >= 0.6 is 12.6 Å². The Morgan fingerprint density at radius 2 is 1.67 bits per heavy atom. The van der Waals surface area contributed by atoms with Crippen molar-refractivity contribution in [2.24, 2.45) is 0 Å². The van der Waals surface area contributed by atoms with E-state index in [-0.39, 0.29) is 0 Å². The van der Waals surface area contributed by atoms with Crippen molar-refractivity contribution in [3.05, 3.63) is 29.8 Å². The molecule has 1 nitrogen and oxygen atoms in total. The van der Waals surface area contributed by atoms with Gasteiger partial charge in [-0.15, -0.1) is 12.6 Å². The lowest BCUT2D eigenvalue weighted by Gasteiger charge is -1.97. The molecule has 0 aliphatic rings. The largest absolute Gasteiger partial charge is 0.380 e. The summed E-state index contributed by atoms with van der Waals surface area (Å²) < 4.78 is 4.94. The van der Waals surface area contributed by atoms with E-state index < -0.39 is 0 Å². The molecule has 0 N–H and O–H groups in total. The molecule has 0 fully saturated rings. The Hall–Kier alpha value is -0.470. The van der Waals surface area contributed by atoms with Gasteiger partial charge in [-0.1, -0.05) is 26.0 Å². The summed E-state index contributed by atoms with van der Waals surface area (Å²) in [5, 5.41) is 0. The second kappa shape index (κ2) is 7.19. The van der Waals surface area contributed by atoms with Crippen molar-refractivity contribution >= 4 is 12.6 Å². The van der Waals surface area contributed by atoms with Crippen LogP contribution in [0.1, 0.15) is 19.4 Å². The van der Waals surface area contributed by atoms with Gasteiger partial charge in [0.1, 0.15) is 0 Å². The summed E-state index contributed by atoms with van der Waals surface area (Å²) >= 11 is 4.16. The Morgan fingerprint density at radius 1 is 1.17 bits per heavy atom. The first kappa shape index (κ1) is 11.5. The zero-order chi connectivity index (χ0) is 9.40. The van der Waals surface area contributed by atoms with E-state index in [0.717, 1.165) is 4.90 Å². The van der Waals surface area contributed by atoms with Crippen LogP contribution in [-0.2, 0) is 11.3 Å². The fourth-order valence-corrected chi connectivity index (χ4v) is 0.908. The Labute approximate surface area is 80.2 Å². The van der Waals surface area contributed by atoms with Crippen LogP contribution in [0.2, 0.25) is 0 Å². The molecule has 0 aliphatic carbocycles. The number of ether oxygens (including phenoxy) is 1. The van der Waals surface area contributed by atoms with Gasteiger partial charge in [0.05, 0.1) is 6.61 Å². The summed E-state index contributed by atoms with van der Waals surface area (Å²) in [4.78, 5) is 0.986. The highest BCUT2D eigenvalue weighted by Crippen LogP contribution is 2.07. The molecule has 0 radical (unpaired) electrons. The van der Waals surface area contributed by atoms with Gasteiger partial charge in [0, 0.05) is 12.0 Å². The monoisotopic (exact) mass is 184 g/mol. The molecule has 0 spiro atoms. The Balaban J connectivity index is 0.000000561. The second-order valence-electron chi connectivity index (χ2n) is 2.10. The van der Waals surface area contributed by atoms with E-state index in [1.54, 1.807) is 7.11 Å². The molecule has 0 bridgehead atoms. The van der Waals surface area contributed by atoms with Crippen molar-refractivity contribution in [1.29, 1.82) is 0 Å². The maximum absolute atomic E-state index is 4.94. The molecule has 0 saturated carbocycles. The molecule has 0 saturated heterocycles. The van der Waals surface area contributed by atoms with E-state index in [0.29, 0.717) is 6.61 Å². The van der Waals surface area contributed by atoms with Gasteiger partial charge < -0.3 is 4.74 Å². The number of hydrogen-bond acceptors (Lipinski definition) is 2. The molecule has 68 valence electrons. The van der Waals surface area contributed by atoms with Crippen molar-refractivity contribution in [2.75, 3.05) is 7.11 Å². The van der Waals surface area contributed by atoms with E-state index in [4.69, 9.17) is 4.74 Å². The van der Waals surface area contributed by atoms with E-state index in [2.05, 4.69) is 12.6 Å². The van der Waals surface area contributed by atoms with Gasteiger partial charge >= 0.3 is 0 Å². The van der Waals surface area contributed by atoms with Gasteiger partial charge in [0.25, 0.3) is 0 Å². The normalized spacial score (nSPS) is 8.67. The molecule has 0 unspecified atom stereocenters. The maximum atomic E-state index is 4.94. The molecule has 12 heavy (non-hydrogen) atoms. The third kappa shape index (κ3) is 4.42. The molecule has 0 heterocycles. The molecule has 0 atom stereocenters. The molecule has 1 rings (SSSR count). The molecule has 0 amide bonds. The van der Waals surface area contributed by atoms with Crippen molar-refractivity contribution < 1.29 is 4.74 Å². The molecular formula is C10H16OS. The van der Waals surface area contributed by atoms with Crippen LogP contribution in [0.4, 0.5) is 0 Å². The minimum absolute atomic E-state index is 0.675. The lowest BCUT2D eigenvalue weighted by atomic mass is 10.2. The average molecular weight is 184 g/mol. The van der Waals surface area contributed by atoms with E-state index in [1.165, 1.54) is 5.56 Å². The van der Waals surface area contributed by atoms with Crippen molar-refractivity contribution in [2.45, 2.75) is 25.3 Å². The summed E-state index contributed by atoms with van der Waals surface area (Å²) in [7, 11) is 1.69. The molecule has 0 aromatic heterocycles. The first-order valence-corrected chi connectivity index (χ1v) is 4.54. The summed E-state index contributed by atoms with van der Waals surface area (Å²) in [6.07, 6.45) is 0. The Bertz CT molecular complexity index is 193. The fourth-order valence-electron chi connectivity index (χ4n) is 0.759. The zero-order valence-corrected chi connectivity index (χ0v) is 8.77. The zero-order valence-electron chi connectivity index (χ0n) is 7.87. The van der Waals surface area contributed by atoms with Gasteiger partial charge in [-0.3, -0.25) is 0 Å². The van der Waals surface area contributed by atoms with Crippen LogP contribution < -0.4 is 0 Å². The summed E-state index contributed by atoms with van der Waals surface area (Å²) in [6.45, 7) is 4.67. The van der Waals surface area contributed by atoms with Gasteiger partial charge in [0.2, 0.25) is 0 Å². The predicted octanol–water partition coefficient (Wildman–Crippen LogP) is 3.15. The molecular weight excluding hydrogens is 168 g/mol. The van der Waals surface area contributed by atoms with E-state index >= 15 is 0 Å². The number of hydrogen-bond donors (Lipinski definition) is 1. The summed E-state index contributed by atoms with van der Waals surface area (Å²) in [6, 6.07) is 7.92. The number of methoxy groups -OCH3 is 1. The smallest absolute Gasteiger partial charge is 0.0713 e. The van der Waals surface area contributed by atoms with Crippen molar-refractivity contribution in [3.63, 3.8) is 0 Å². The first-order valence-electron chi connectivity index (χ1n) is 4.10. The quantitative estimate of drug-likeness (QED) is 0.695. The first-order chi connectivity index (χ1) is 5.83. The Morgan fingerprint density at radius 3 is 2.08 bits per heavy atom. The third-order valence-electron chi connectivity index (χ3n) is 1.25.